The topological polar surface area (TPSA) is 81.9 Å². The van der Waals surface area contributed by atoms with Gasteiger partial charge in [-0.25, -0.2) is 0 Å². The molecule has 4 rings (SSSR count). The summed E-state index contributed by atoms with van der Waals surface area (Å²) in [5.41, 5.74) is 0.0925. The van der Waals surface area contributed by atoms with Crippen molar-refractivity contribution in [1.29, 1.82) is 0 Å². The molecule has 2 aliphatic heterocycles. The second-order valence-electron chi connectivity index (χ2n) is 6.74. The minimum Gasteiger partial charge on any atom is -0.425 e. The van der Waals surface area contributed by atoms with Gasteiger partial charge in [0.1, 0.15) is 5.78 Å². The zero-order chi connectivity index (χ0) is 17.1. The molecule has 3 atom stereocenters. The molecule has 7 nitrogen and oxygen atoms in total. The summed E-state index contributed by atoms with van der Waals surface area (Å²) < 4.78 is 23.1. The lowest BCUT2D eigenvalue weighted by molar-refractivity contribution is -0.386. The number of nitrogens with zero attached hydrogens (tertiary/aromatic N) is 2. The van der Waals surface area contributed by atoms with Crippen LogP contribution in [0.4, 0.5) is 10.1 Å². The first-order valence-corrected chi connectivity index (χ1v) is 7.93. The third-order valence-electron chi connectivity index (χ3n) is 5.59. The Balaban J connectivity index is 1.84. The highest BCUT2D eigenvalue weighted by molar-refractivity contribution is 5.81. The van der Waals surface area contributed by atoms with Crippen LogP contribution in [-0.4, -0.2) is 41.8 Å². The molecule has 0 N–H and O–H groups in total. The predicted molar refractivity (Wildman–Crippen MR) is 80.8 cm³/mol. The van der Waals surface area contributed by atoms with Crippen molar-refractivity contribution >= 4 is 11.5 Å². The molecule has 0 radical (unpaired) electrons. The number of hydrogen-bond acceptors (Lipinski definition) is 6. The lowest BCUT2D eigenvalue weighted by Crippen LogP contribution is -2.46. The van der Waals surface area contributed by atoms with E-state index in [4.69, 9.17) is 9.47 Å². The molecule has 0 spiro atoms. The van der Waals surface area contributed by atoms with Crippen LogP contribution in [0.5, 0.6) is 11.5 Å². The molecule has 1 saturated carbocycles. The van der Waals surface area contributed by atoms with Gasteiger partial charge < -0.3 is 14.4 Å². The second kappa shape index (κ2) is 5.14. The molecule has 0 bridgehead atoms. The van der Waals surface area contributed by atoms with Crippen LogP contribution in [-0.2, 0) is 10.2 Å². The van der Waals surface area contributed by atoms with Gasteiger partial charge in [0, 0.05) is 30.4 Å². The lowest BCUT2D eigenvalue weighted by Gasteiger charge is -2.41. The van der Waals surface area contributed by atoms with Crippen molar-refractivity contribution < 1.29 is 23.6 Å². The molecule has 1 aromatic carbocycles. The number of ketones is 1. The number of likely N-dealkylation sites (N-methyl/N-ethyl adjacent to an activating group) is 1. The zero-order valence-electron chi connectivity index (χ0n) is 13.2. The van der Waals surface area contributed by atoms with Gasteiger partial charge in [0.2, 0.25) is 5.75 Å². The van der Waals surface area contributed by atoms with Gasteiger partial charge >= 0.3 is 12.2 Å². The van der Waals surface area contributed by atoms with Crippen LogP contribution in [0, 0.1) is 10.1 Å². The van der Waals surface area contributed by atoms with Crippen LogP contribution in [0.1, 0.15) is 31.2 Å². The minimum absolute atomic E-state index is 0.0000935. The third kappa shape index (κ3) is 2.09. The molecule has 2 heterocycles. The molecule has 1 aliphatic carbocycles. The van der Waals surface area contributed by atoms with Crippen LogP contribution in [0.15, 0.2) is 12.1 Å². The molecule has 0 unspecified atom stereocenters. The van der Waals surface area contributed by atoms with Gasteiger partial charge in [-0.05, 0) is 38.1 Å². The quantitative estimate of drug-likeness (QED) is 0.609. The van der Waals surface area contributed by atoms with Crippen molar-refractivity contribution in [3.05, 3.63) is 27.8 Å². The average molecular weight is 336 g/mol. The third-order valence-corrected chi connectivity index (χ3v) is 5.59. The highest BCUT2D eigenvalue weighted by atomic mass is 19.2. The van der Waals surface area contributed by atoms with Gasteiger partial charge in [0.15, 0.2) is 5.75 Å². The number of carbonyl (C=O) groups excluding carboxylic acids is 1. The van der Waals surface area contributed by atoms with E-state index in [9.17, 15) is 19.3 Å². The van der Waals surface area contributed by atoms with Crippen molar-refractivity contribution in [2.45, 2.75) is 43.7 Å². The standard InChI is InChI=1S/C16H17FN2O5/c1-18-5-4-16(3-2-10(20)8-13(16)18)9-6-11(19(21)22)14-12(7-9)23-15(17)24-14/h6-7,13,15H,2-5,8H2,1H3/t13-,15+,16-/m0/s1. The van der Waals surface area contributed by atoms with E-state index >= 15 is 0 Å². The van der Waals surface area contributed by atoms with E-state index in [0.29, 0.717) is 19.3 Å². The number of Topliss-reactive ketones (excluding diaryl/α,β-unsaturated/α-hetero) is 1. The van der Waals surface area contributed by atoms with Crippen LogP contribution >= 0.6 is 0 Å². The summed E-state index contributed by atoms with van der Waals surface area (Å²) in [5.74, 6) is 0.108. The number of ether oxygens (including phenoxy) is 2. The summed E-state index contributed by atoms with van der Waals surface area (Å²) in [6, 6.07) is 3.10. The molecule has 0 amide bonds. The molecule has 3 aliphatic rings. The molecular weight excluding hydrogens is 319 g/mol. The summed E-state index contributed by atoms with van der Waals surface area (Å²) in [6.45, 7) is -1.22. The Bertz CT molecular complexity index is 739. The fourth-order valence-electron chi connectivity index (χ4n) is 4.36. The number of benzene rings is 1. The van der Waals surface area contributed by atoms with E-state index in [-0.39, 0.29) is 34.4 Å². The number of hydrogen-bond donors (Lipinski definition) is 0. The smallest absolute Gasteiger partial charge is 0.397 e. The largest absolute Gasteiger partial charge is 0.425 e. The molecule has 1 saturated heterocycles. The molecule has 0 aromatic heterocycles. The van der Waals surface area contributed by atoms with Crippen LogP contribution in [0.3, 0.4) is 0 Å². The first-order chi connectivity index (χ1) is 11.4. The number of likely N-dealkylation sites (tertiary alicyclic amines) is 1. The summed E-state index contributed by atoms with van der Waals surface area (Å²) in [5, 5.41) is 11.4. The van der Waals surface area contributed by atoms with Gasteiger partial charge in [0.05, 0.1) is 4.92 Å². The van der Waals surface area contributed by atoms with Gasteiger partial charge in [0.25, 0.3) is 0 Å². The first kappa shape index (κ1) is 15.3. The van der Waals surface area contributed by atoms with E-state index in [1.165, 1.54) is 6.07 Å². The zero-order valence-corrected chi connectivity index (χ0v) is 13.2. The fourth-order valence-corrected chi connectivity index (χ4v) is 4.36. The number of nitro benzene ring substituents is 1. The molecule has 2 fully saturated rings. The number of fused-ring (bicyclic) bond motifs is 2. The second-order valence-corrected chi connectivity index (χ2v) is 6.74. The SMILES string of the molecule is CN1CC[C@]2(c3cc4c(c([N+](=O)[O-])c3)O[C@H](F)O4)CCC(=O)C[C@H]12. The minimum atomic E-state index is -2.03. The Morgan fingerprint density at radius 2 is 2.17 bits per heavy atom. The maximum Gasteiger partial charge on any atom is 0.397 e. The van der Waals surface area contributed by atoms with Crippen molar-refractivity contribution in [3.8, 4) is 11.5 Å². The molecular formula is C16H17FN2O5. The Kier molecular flexibility index (Phi) is 3.28. The van der Waals surface area contributed by atoms with Crippen molar-refractivity contribution in [3.63, 3.8) is 0 Å². The highest BCUT2D eigenvalue weighted by Gasteiger charge is 2.51. The van der Waals surface area contributed by atoms with Crippen molar-refractivity contribution in [1.82, 2.24) is 4.90 Å². The Morgan fingerprint density at radius 1 is 1.38 bits per heavy atom. The lowest BCUT2D eigenvalue weighted by atomic mass is 9.66. The van der Waals surface area contributed by atoms with Crippen LogP contribution < -0.4 is 9.47 Å². The van der Waals surface area contributed by atoms with Gasteiger partial charge in [-0.2, -0.15) is 4.39 Å². The van der Waals surface area contributed by atoms with Gasteiger partial charge in [-0.15, -0.1) is 0 Å². The van der Waals surface area contributed by atoms with Gasteiger partial charge in [-0.1, -0.05) is 0 Å². The monoisotopic (exact) mass is 336 g/mol. The first-order valence-electron chi connectivity index (χ1n) is 7.93. The van der Waals surface area contributed by atoms with E-state index in [0.717, 1.165) is 18.5 Å². The summed E-state index contributed by atoms with van der Waals surface area (Å²) in [6.07, 6.45) is 2.33. The van der Waals surface area contributed by atoms with Crippen LogP contribution in [0.25, 0.3) is 0 Å². The molecule has 24 heavy (non-hydrogen) atoms. The Hall–Kier alpha value is -2.22. The van der Waals surface area contributed by atoms with Crippen molar-refractivity contribution in [2.24, 2.45) is 0 Å². The number of halogens is 1. The number of rotatable bonds is 2. The Morgan fingerprint density at radius 3 is 2.92 bits per heavy atom. The molecule has 8 heteroatoms. The van der Waals surface area contributed by atoms with E-state index in [1.807, 2.05) is 7.05 Å². The summed E-state index contributed by atoms with van der Waals surface area (Å²) in [4.78, 5) is 24.8. The highest BCUT2D eigenvalue weighted by Crippen LogP contribution is 2.52. The number of alkyl halides is 1. The predicted octanol–water partition coefficient (Wildman–Crippen LogP) is 2.31. The van der Waals surface area contributed by atoms with E-state index in [2.05, 4.69) is 4.90 Å². The maximum absolute atomic E-state index is 13.4. The summed E-state index contributed by atoms with van der Waals surface area (Å²) in [7, 11) is 1.96. The normalized spacial score (nSPS) is 32.0. The maximum atomic E-state index is 13.4. The summed E-state index contributed by atoms with van der Waals surface area (Å²) >= 11 is 0. The number of carbonyl (C=O) groups is 1. The van der Waals surface area contributed by atoms with Crippen LogP contribution in [0.2, 0.25) is 0 Å². The van der Waals surface area contributed by atoms with Crippen molar-refractivity contribution in [2.75, 3.05) is 13.6 Å². The Labute approximate surface area is 137 Å². The van der Waals surface area contributed by atoms with Gasteiger partial charge in [-0.3, -0.25) is 14.9 Å². The molecule has 1 aromatic rings. The average Bonchev–Trinajstić information content (AvgIpc) is 3.07. The molecule has 128 valence electrons. The fraction of sp³-hybridized carbons (Fsp3) is 0.562. The van der Waals surface area contributed by atoms with E-state index < -0.39 is 11.5 Å². The van der Waals surface area contributed by atoms with E-state index in [1.54, 1.807) is 6.07 Å². The number of nitro groups is 1.